The van der Waals surface area contributed by atoms with E-state index in [1.807, 2.05) is 54.6 Å². The van der Waals surface area contributed by atoms with E-state index in [9.17, 15) is 0 Å². The van der Waals surface area contributed by atoms with Crippen LogP contribution in [0.25, 0.3) is 55.4 Å². The van der Waals surface area contributed by atoms with Gasteiger partial charge in [0.05, 0.1) is 11.9 Å². The largest absolute Gasteiger partial charge is 0.434 e. The molecular weight excluding hydrogens is 623 g/mol. The molecule has 0 atom stereocenters. The van der Waals surface area contributed by atoms with E-state index >= 15 is 0 Å². The third kappa shape index (κ3) is 4.52. The van der Waals surface area contributed by atoms with Crippen molar-refractivity contribution in [2.24, 2.45) is 0 Å². The molecule has 0 aliphatic rings. The van der Waals surface area contributed by atoms with Crippen molar-refractivity contribution in [2.45, 2.75) is 0 Å². The van der Waals surface area contributed by atoms with E-state index in [1.54, 1.807) is 24.8 Å². The summed E-state index contributed by atoms with van der Waals surface area (Å²) in [4.78, 5) is 22.1. The van der Waals surface area contributed by atoms with E-state index in [0.717, 1.165) is 33.1 Å². The van der Waals surface area contributed by atoms with Crippen LogP contribution >= 0.6 is 0 Å². The SMILES string of the molecule is [Ir].[c-]1ccccc1-c1ccccn1.c1ccc2c(c1)c1ccccc1c1[n-]c(-c3cnccn3)nc21. The van der Waals surface area contributed by atoms with Gasteiger partial charge in [-0.15, -0.1) is 35.9 Å². The van der Waals surface area contributed by atoms with E-state index in [4.69, 9.17) is 9.97 Å². The molecule has 3 aromatic heterocycles. The maximum Gasteiger partial charge on any atom is 0.0803 e. The zero-order chi connectivity index (χ0) is 23.5. The van der Waals surface area contributed by atoms with Gasteiger partial charge in [0.25, 0.3) is 0 Å². The number of imidazole rings is 1. The van der Waals surface area contributed by atoms with Crippen molar-refractivity contribution in [3.63, 3.8) is 0 Å². The summed E-state index contributed by atoms with van der Waals surface area (Å²) < 4.78 is 0. The van der Waals surface area contributed by atoms with Gasteiger partial charge >= 0.3 is 0 Å². The molecule has 0 unspecified atom stereocenters. The predicted molar refractivity (Wildman–Crippen MR) is 140 cm³/mol. The zero-order valence-electron chi connectivity index (χ0n) is 19.0. The number of rotatable bonds is 2. The van der Waals surface area contributed by atoms with Gasteiger partial charge < -0.3 is 15.0 Å². The Kier molecular flexibility index (Phi) is 6.89. The van der Waals surface area contributed by atoms with E-state index in [1.165, 1.54) is 10.8 Å². The third-order valence-corrected chi connectivity index (χ3v) is 5.76. The second-order valence-electron chi connectivity index (χ2n) is 7.92. The van der Waals surface area contributed by atoms with Crippen molar-refractivity contribution in [3.05, 3.63) is 122 Å². The monoisotopic (exact) mass is 642 g/mol. The Morgan fingerprint density at radius 3 is 2.00 bits per heavy atom. The normalized spacial score (nSPS) is 10.6. The number of aromatic nitrogens is 5. The molecule has 0 saturated heterocycles. The summed E-state index contributed by atoms with van der Waals surface area (Å²) in [6, 6.07) is 33.5. The quantitative estimate of drug-likeness (QED) is 0.159. The fourth-order valence-corrected chi connectivity index (χ4v) is 4.17. The van der Waals surface area contributed by atoms with Crippen LogP contribution in [0.4, 0.5) is 0 Å². The van der Waals surface area contributed by atoms with Crippen molar-refractivity contribution in [1.29, 1.82) is 0 Å². The summed E-state index contributed by atoms with van der Waals surface area (Å²) >= 11 is 0. The molecule has 36 heavy (non-hydrogen) atoms. The standard InChI is InChI=1S/C19H11N4.C11H8N.Ir/c1-3-7-14-12(5-1)13-6-2-4-8-15(13)18-17(14)22-19(23-18)16-11-20-9-10-21-16;1-2-6-10(7-3-1)11-8-4-5-9-12-11;/h1-11H;1-6,8-9H;/q2*-1;. The second-order valence-corrected chi connectivity index (χ2v) is 7.92. The first-order chi connectivity index (χ1) is 17.4. The first-order valence-corrected chi connectivity index (χ1v) is 11.3. The number of pyridine rings is 1. The molecule has 0 aliphatic carbocycles. The molecule has 7 rings (SSSR count). The predicted octanol–water partition coefficient (Wildman–Crippen LogP) is 6.50. The Morgan fingerprint density at radius 2 is 1.31 bits per heavy atom. The van der Waals surface area contributed by atoms with Crippen molar-refractivity contribution >= 4 is 32.6 Å². The Labute approximate surface area is 221 Å². The molecule has 5 nitrogen and oxygen atoms in total. The summed E-state index contributed by atoms with van der Waals surface area (Å²) in [5, 5.41) is 4.62. The van der Waals surface area contributed by atoms with Crippen LogP contribution in [0.1, 0.15) is 0 Å². The average molecular weight is 642 g/mol. The maximum atomic E-state index is 4.75. The Bertz CT molecular complexity index is 1620. The van der Waals surface area contributed by atoms with Gasteiger partial charge in [-0.05, 0) is 50.2 Å². The fraction of sp³-hybridized carbons (Fsp3) is 0. The number of fused-ring (bicyclic) bond motifs is 6. The molecule has 1 radical (unpaired) electrons. The first-order valence-electron chi connectivity index (χ1n) is 11.3. The molecular formula is C30H19IrN5-2. The van der Waals surface area contributed by atoms with E-state index in [-0.39, 0.29) is 20.1 Å². The van der Waals surface area contributed by atoms with Crippen molar-refractivity contribution < 1.29 is 20.1 Å². The molecule has 0 spiro atoms. The minimum absolute atomic E-state index is 0. The average Bonchev–Trinajstić information content (AvgIpc) is 3.41. The van der Waals surface area contributed by atoms with Crippen LogP contribution in [0.15, 0.2) is 116 Å². The summed E-state index contributed by atoms with van der Waals surface area (Å²) in [6.45, 7) is 0. The van der Waals surface area contributed by atoms with E-state index < -0.39 is 0 Å². The third-order valence-electron chi connectivity index (χ3n) is 5.76. The minimum Gasteiger partial charge on any atom is -0.434 e. The molecule has 4 aromatic carbocycles. The summed E-state index contributed by atoms with van der Waals surface area (Å²) in [5.74, 6) is 0.620. The second kappa shape index (κ2) is 10.6. The van der Waals surface area contributed by atoms with Gasteiger partial charge in [-0.3, -0.25) is 9.97 Å². The van der Waals surface area contributed by atoms with Crippen LogP contribution in [-0.2, 0) is 20.1 Å². The molecule has 0 bridgehead atoms. The zero-order valence-corrected chi connectivity index (χ0v) is 21.4. The molecule has 7 aromatic rings. The van der Waals surface area contributed by atoms with Crippen molar-refractivity contribution in [3.8, 4) is 22.8 Å². The van der Waals surface area contributed by atoms with Crippen LogP contribution in [0.5, 0.6) is 0 Å². The van der Waals surface area contributed by atoms with Gasteiger partial charge in [0, 0.05) is 38.7 Å². The van der Waals surface area contributed by atoms with Gasteiger partial charge in [-0.2, -0.15) is 0 Å². The molecule has 6 heteroatoms. The minimum atomic E-state index is 0. The molecule has 175 valence electrons. The van der Waals surface area contributed by atoms with E-state index in [2.05, 4.69) is 57.4 Å². The van der Waals surface area contributed by atoms with Gasteiger partial charge in [0.1, 0.15) is 0 Å². The van der Waals surface area contributed by atoms with Crippen LogP contribution < -0.4 is 4.98 Å². The molecule has 3 heterocycles. The van der Waals surface area contributed by atoms with Crippen molar-refractivity contribution in [2.75, 3.05) is 0 Å². The number of hydrogen-bond donors (Lipinski definition) is 0. The maximum absolute atomic E-state index is 4.75. The molecule has 0 saturated carbocycles. The topological polar surface area (TPSA) is 65.7 Å². The van der Waals surface area contributed by atoms with Gasteiger partial charge in [-0.25, -0.2) is 0 Å². The van der Waals surface area contributed by atoms with Gasteiger partial charge in [0.15, 0.2) is 0 Å². The summed E-state index contributed by atoms with van der Waals surface area (Å²) in [7, 11) is 0. The number of nitrogens with zero attached hydrogens (tertiary/aromatic N) is 5. The van der Waals surface area contributed by atoms with Crippen LogP contribution in [0.3, 0.4) is 0 Å². The smallest absolute Gasteiger partial charge is 0.0803 e. The fourth-order valence-electron chi connectivity index (χ4n) is 4.17. The summed E-state index contributed by atoms with van der Waals surface area (Å²) in [6.07, 6.45) is 6.79. The number of hydrogen-bond acceptors (Lipinski definition) is 4. The first kappa shape index (κ1) is 23.5. The van der Waals surface area contributed by atoms with Gasteiger partial charge in [-0.1, -0.05) is 60.7 Å². The molecule has 0 aliphatic heterocycles. The summed E-state index contributed by atoms with van der Waals surface area (Å²) in [5.41, 5.74) is 4.54. The Balaban J connectivity index is 0.000000175. The molecule has 0 N–H and O–H groups in total. The molecule has 0 amide bonds. The van der Waals surface area contributed by atoms with Crippen molar-refractivity contribution in [1.82, 2.24) is 24.9 Å². The number of benzene rings is 4. The van der Waals surface area contributed by atoms with Crippen LogP contribution in [-0.4, -0.2) is 19.9 Å². The Hall–Kier alpha value is -4.25. The van der Waals surface area contributed by atoms with E-state index in [0.29, 0.717) is 11.5 Å². The molecule has 0 fully saturated rings. The Morgan fingerprint density at radius 1 is 0.611 bits per heavy atom. The van der Waals surface area contributed by atoms with Crippen LogP contribution in [0, 0.1) is 6.07 Å². The van der Waals surface area contributed by atoms with Crippen LogP contribution in [0.2, 0.25) is 0 Å². The van der Waals surface area contributed by atoms with Gasteiger partial charge in [0.2, 0.25) is 0 Å².